The van der Waals surface area contributed by atoms with E-state index in [2.05, 4.69) is 25.0 Å². The van der Waals surface area contributed by atoms with Crippen LogP contribution in [0.3, 0.4) is 0 Å². The molecule has 4 saturated heterocycles. The number of benzene rings is 1. The maximum atomic E-state index is 17.2. The van der Waals surface area contributed by atoms with Gasteiger partial charge in [-0.25, -0.2) is 13.8 Å². The zero-order chi connectivity index (χ0) is 32.2. The topological polar surface area (TPSA) is 118 Å². The summed E-state index contributed by atoms with van der Waals surface area (Å²) in [7, 11) is 0. The number of fused-ring (bicyclic) bond motifs is 2. The average molecular weight is 655 g/mol. The van der Waals surface area contributed by atoms with E-state index in [1.165, 1.54) is 0 Å². The van der Waals surface area contributed by atoms with Gasteiger partial charge < -0.3 is 18.8 Å². The minimum atomic E-state index is -0.883. The zero-order valence-electron chi connectivity index (χ0n) is 26.8. The Kier molecular flexibility index (Phi) is 6.22. The van der Waals surface area contributed by atoms with Gasteiger partial charge in [-0.1, -0.05) is 0 Å². The van der Waals surface area contributed by atoms with Crippen LogP contribution in [0.5, 0.6) is 6.01 Å². The quantitative estimate of drug-likeness (QED) is 0.265. The number of halogens is 2. The van der Waals surface area contributed by atoms with Crippen molar-refractivity contribution in [2.75, 3.05) is 37.7 Å². The molecule has 4 aromatic heterocycles. The summed E-state index contributed by atoms with van der Waals surface area (Å²) in [5, 5.41) is 8.64. The lowest BCUT2D eigenvalue weighted by Crippen LogP contribution is -2.57. The highest BCUT2D eigenvalue weighted by Gasteiger charge is 2.51. The number of anilines is 1. The molecule has 9 bridgehead atoms. The standard InChI is InChI=1S/C35H36F2N8O3/c1-19-10-25-23(15-40-43-25)27-22(19)5-4-21-13-39-32(47-21)26-12-35(48-26)7-3-8-44(17-35)31-24-14-38-30(27)28(37)29(24)41-33(42-31)46-18-34-6-2-9-45(34)16-20(36)11-34/h10,13-15,20,26H,2-9,11-12,16-18H2,1H3,(H,40,43)/t20-,26-,34+,35+/m1/s1. The second kappa shape index (κ2) is 10.4. The number of nitrogens with zero attached hydrogens (tertiary/aromatic N) is 7. The molecule has 11 nitrogen and oxygen atoms in total. The first kappa shape index (κ1) is 28.8. The Morgan fingerprint density at radius 1 is 1.06 bits per heavy atom. The largest absolute Gasteiger partial charge is 0.461 e. The van der Waals surface area contributed by atoms with E-state index in [9.17, 15) is 4.39 Å². The van der Waals surface area contributed by atoms with Crippen molar-refractivity contribution >= 4 is 27.6 Å². The highest BCUT2D eigenvalue weighted by molar-refractivity contribution is 5.99. The number of piperidine rings is 1. The highest BCUT2D eigenvalue weighted by Crippen LogP contribution is 2.49. The van der Waals surface area contributed by atoms with Gasteiger partial charge in [-0.3, -0.25) is 15.0 Å². The Labute approximate surface area is 275 Å². The monoisotopic (exact) mass is 654 g/mol. The molecule has 5 aromatic rings. The molecule has 13 heteroatoms. The molecular formula is C35H36F2N8O3. The van der Waals surface area contributed by atoms with E-state index < -0.39 is 12.0 Å². The van der Waals surface area contributed by atoms with Crippen molar-refractivity contribution in [2.45, 2.75) is 81.7 Å². The molecule has 4 atom stereocenters. The molecular weight excluding hydrogens is 618 g/mol. The number of H-pyrrole nitrogens is 1. The predicted octanol–water partition coefficient (Wildman–Crippen LogP) is 5.56. The second-order valence-corrected chi connectivity index (χ2v) is 14.4. The summed E-state index contributed by atoms with van der Waals surface area (Å²) in [6, 6.07) is 2.12. The highest BCUT2D eigenvalue weighted by atomic mass is 19.1. The van der Waals surface area contributed by atoms with Crippen LogP contribution in [-0.2, 0) is 17.6 Å². The molecule has 7 aliphatic heterocycles. The molecule has 1 aromatic carbocycles. The Balaban J connectivity index is 1.15. The third-order valence-corrected chi connectivity index (χ3v) is 11.4. The van der Waals surface area contributed by atoms with E-state index in [1.54, 1.807) is 18.6 Å². The SMILES string of the molecule is Cc1cc2[nH]ncc2c2c1CCc1cnc(o1)[C@H]1C[C@]3(CCCN(C3)c3nc(OC[C@@]45CCCN4C[C@H](F)C5)nc4c(F)c-2ncc34)O1. The lowest BCUT2D eigenvalue weighted by Gasteiger charge is -2.52. The molecule has 4 fully saturated rings. The average Bonchev–Trinajstić information content (AvgIpc) is 3.86. The van der Waals surface area contributed by atoms with E-state index in [0.29, 0.717) is 61.6 Å². The normalized spacial score (nSPS) is 28.2. The van der Waals surface area contributed by atoms with Gasteiger partial charge in [-0.15, -0.1) is 0 Å². The van der Waals surface area contributed by atoms with Crippen molar-refractivity contribution < 1.29 is 22.7 Å². The molecule has 1 spiro atoms. The number of ether oxygens (including phenoxy) is 2. The third kappa shape index (κ3) is 4.32. The molecule has 11 heterocycles. The van der Waals surface area contributed by atoms with E-state index in [1.807, 2.05) is 13.0 Å². The summed E-state index contributed by atoms with van der Waals surface area (Å²) in [5.41, 5.74) is 2.97. The third-order valence-electron chi connectivity index (χ3n) is 11.4. The van der Waals surface area contributed by atoms with Crippen LogP contribution in [0, 0.1) is 12.7 Å². The van der Waals surface area contributed by atoms with Crippen LogP contribution in [0.1, 0.15) is 67.4 Å². The minimum absolute atomic E-state index is 0.0898. The van der Waals surface area contributed by atoms with Crippen molar-refractivity contribution in [3.63, 3.8) is 0 Å². The molecule has 48 heavy (non-hydrogen) atoms. The molecule has 1 N–H and O–H groups in total. The van der Waals surface area contributed by atoms with Gasteiger partial charge in [0.1, 0.15) is 41.7 Å². The number of hydrogen-bond acceptors (Lipinski definition) is 10. The fourth-order valence-corrected chi connectivity index (χ4v) is 9.16. The van der Waals surface area contributed by atoms with Gasteiger partial charge >= 0.3 is 6.01 Å². The molecule has 12 rings (SSSR count). The fourth-order valence-electron chi connectivity index (χ4n) is 9.16. The molecule has 248 valence electrons. The summed E-state index contributed by atoms with van der Waals surface area (Å²) in [6.07, 6.45) is 10.1. The van der Waals surface area contributed by atoms with Crippen molar-refractivity contribution in [2.24, 2.45) is 0 Å². The minimum Gasteiger partial charge on any atom is -0.461 e. The molecule has 7 aliphatic rings. The van der Waals surface area contributed by atoms with Crippen molar-refractivity contribution in [3.8, 4) is 17.3 Å². The van der Waals surface area contributed by atoms with Crippen molar-refractivity contribution in [1.29, 1.82) is 0 Å². The Morgan fingerprint density at radius 2 is 1.96 bits per heavy atom. The number of pyridine rings is 1. The Hall–Kier alpha value is -4.23. The van der Waals surface area contributed by atoms with Crippen molar-refractivity contribution in [3.05, 3.63) is 53.3 Å². The number of oxazole rings is 1. The molecule has 0 amide bonds. The molecule has 0 unspecified atom stereocenters. The summed E-state index contributed by atoms with van der Waals surface area (Å²) in [5.74, 6) is 1.38. The first-order valence-corrected chi connectivity index (χ1v) is 17.1. The van der Waals surface area contributed by atoms with Crippen LogP contribution < -0.4 is 9.64 Å². The van der Waals surface area contributed by atoms with Gasteiger partial charge in [-0.2, -0.15) is 15.1 Å². The summed E-state index contributed by atoms with van der Waals surface area (Å²) < 4.78 is 50.9. The zero-order valence-corrected chi connectivity index (χ0v) is 26.8. The van der Waals surface area contributed by atoms with Crippen LogP contribution in [0.15, 0.2) is 29.1 Å². The second-order valence-electron chi connectivity index (χ2n) is 14.4. The van der Waals surface area contributed by atoms with Gasteiger partial charge in [0.05, 0.1) is 34.4 Å². The van der Waals surface area contributed by atoms with Gasteiger partial charge in [0, 0.05) is 56.0 Å². The van der Waals surface area contributed by atoms with Crippen LogP contribution in [0.25, 0.3) is 33.1 Å². The molecule has 0 aliphatic carbocycles. The van der Waals surface area contributed by atoms with E-state index in [4.69, 9.17) is 28.8 Å². The smallest absolute Gasteiger partial charge is 0.319 e. The maximum Gasteiger partial charge on any atom is 0.319 e. The first-order valence-electron chi connectivity index (χ1n) is 17.1. The number of nitrogens with one attached hydrogen (secondary N) is 1. The summed E-state index contributed by atoms with van der Waals surface area (Å²) in [6.45, 7) is 4.83. The number of hydrogen-bond donors (Lipinski definition) is 1. The van der Waals surface area contributed by atoms with E-state index in [0.717, 1.165) is 66.4 Å². The molecule has 0 radical (unpaired) electrons. The molecule has 0 saturated carbocycles. The van der Waals surface area contributed by atoms with Gasteiger partial charge in [-0.05, 0) is 62.8 Å². The number of aryl methyl sites for hydroxylation is 2. The van der Waals surface area contributed by atoms with Crippen LogP contribution >= 0.6 is 0 Å². The number of aromatic amines is 1. The maximum absolute atomic E-state index is 17.2. The predicted molar refractivity (Wildman–Crippen MR) is 172 cm³/mol. The van der Waals surface area contributed by atoms with E-state index in [-0.39, 0.29) is 41.1 Å². The van der Waals surface area contributed by atoms with Gasteiger partial charge in [0.2, 0.25) is 5.89 Å². The van der Waals surface area contributed by atoms with Gasteiger partial charge in [0.25, 0.3) is 0 Å². The lowest BCUT2D eigenvalue weighted by atomic mass is 9.81. The summed E-state index contributed by atoms with van der Waals surface area (Å²) >= 11 is 0. The van der Waals surface area contributed by atoms with Crippen LogP contribution in [0.4, 0.5) is 14.6 Å². The van der Waals surface area contributed by atoms with Crippen LogP contribution in [0.2, 0.25) is 0 Å². The Morgan fingerprint density at radius 3 is 2.88 bits per heavy atom. The lowest BCUT2D eigenvalue weighted by molar-refractivity contribution is -0.220. The van der Waals surface area contributed by atoms with Crippen molar-refractivity contribution in [1.82, 2.24) is 35.0 Å². The van der Waals surface area contributed by atoms with Gasteiger partial charge in [0.15, 0.2) is 5.82 Å². The Bertz CT molecular complexity index is 2090. The fraction of sp³-hybridized carbons (Fsp3) is 0.514. The summed E-state index contributed by atoms with van der Waals surface area (Å²) in [4.78, 5) is 23.4. The number of rotatable bonds is 3. The number of aromatic nitrogens is 6. The first-order chi connectivity index (χ1) is 23.4. The number of alkyl halides is 1. The van der Waals surface area contributed by atoms with E-state index >= 15 is 4.39 Å². The van der Waals surface area contributed by atoms with Crippen LogP contribution in [-0.4, -0.2) is 85.1 Å².